The number of aromatic nitrogens is 2. The van der Waals surface area contributed by atoms with Crippen LogP contribution in [0.25, 0.3) is 10.7 Å². The molecule has 1 aliphatic rings. The Labute approximate surface area is 133 Å². The van der Waals surface area contributed by atoms with Gasteiger partial charge in [-0.3, -0.25) is 0 Å². The number of carbonyl (C=O) groups is 1. The molecule has 1 amide bonds. The molecule has 3 rings (SSSR count). The molecule has 0 radical (unpaired) electrons. The van der Waals surface area contributed by atoms with Gasteiger partial charge in [0.2, 0.25) is 11.7 Å². The summed E-state index contributed by atoms with van der Waals surface area (Å²) in [6, 6.07) is 3.91. The average Bonchev–Trinajstić information content (AvgIpc) is 3.18. The summed E-state index contributed by atoms with van der Waals surface area (Å²) in [5.74, 6) is 1.28. The molecular formula is C15H19N3O3S. The Morgan fingerprint density at radius 3 is 3.00 bits per heavy atom. The molecule has 0 N–H and O–H groups in total. The lowest BCUT2D eigenvalue weighted by molar-refractivity contribution is 0.0291. The molecule has 1 fully saturated rings. The summed E-state index contributed by atoms with van der Waals surface area (Å²) >= 11 is 1.57. The smallest absolute Gasteiger partial charge is 0.410 e. The maximum absolute atomic E-state index is 12.1. The van der Waals surface area contributed by atoms with Gasteiger partial charge in [-0.05, 0) is 38.6 Å². The van der Waals surface area contributed by atoms with Crippen LogP contribution in [0.3, 0.4) is 0 Å². The van der Waals surface area contributed by atoms with Gasteiger partial charge in [0.1, 0.15) is 5.60 Å². The van der Waals surface area contributed by atoms with E-state index in [9.17, 15) is 4.79 Å². The standard InChI is InChI=1S/C15H19N3O3S/c1-15(2,3)20-14(19)18-7-6-10(9-18)13-16-12(17-21-13)11-5-4-8-22-11/h4-5,8,10H,6-7,9H2,1-3H3/t10-/m0/s1. The van der Waals surface area contributed by atoms with Crippen molar-refractivity contribution in [3.63, 3.8) is 0 Å². The minimum absolute atomic E-state index is 0.0775. The van der Waals surface area contributed by atoms with Crippen LogP contribution in [-0.4, -0.2) is 39.8 Å². The minimum atomic E-state index is -0.480. The second-order valence-corrected chi connectivity index (χ2v) is 7.29. The molecule has 22 heavy (non-hydrogen) atoms. The topological polar surface area (TPSA) is 68.5 Å². The van der Waals surface area contributed by atoms with Crippen LogP contribution >= 0.6 is 11.3 Å². The third kappa shape index (κ3) is 3.30. The molecule has 2 aromatic heterocycles. The van der Waals surface area contributed by atoms with Crippen molar-refractivity contribution in [2.45, 2.75) is 38.7 Å². The number of nitrogens with zero attached hydrogens (tertiary/aromatic N) is 3. The fourth-order valence-corrected chi connectivity index (χ4v) is 3.01. The largest absolute Gasteiger partial charge is 0.444 e. The summed E-state index contributed by atoms with van der Waals surface area (Å²) in [6.07, 6.45) is 0.527. The number of amides is 1. The summed E-state index contributed by atoms with van der Waals surface area (Å²) in [6.45, 7) is 6.80. The highest BCUT2D eigenvalue weighted by Crippen LogP contribution is 2.29. The van der Waals surface area contributed by atoms with Crippen LogP contribution in [0.5, 0.6) is 0 Å². The Morgan fingerprint density at radius 1 is 1.50 bits per heavy atom. The number of hydrogen-bond donors (Lipinski definition) is 0. The van der Waals surface area contributed by atoms with E-state index in [0.29, 0.717) is 24.8 Å². The van der Waals surface area contributed by atoms with Crippen LogP contribution in [-0.2, 0) is 4.74 Å². The maximum Gasteiger partial charge on any atom is 0.410 e. The molecule has 0 saturated carbocycles. The van der Waals surface area contributed by atoms with Crippen LogP contribution in [0.15, 0.2) is 22.0 Å². The van der Waals surface area contributed by atoms with Gasteiger partial charge < -0.3 is 14.2 Å². The predicted octanol–water partition coefficient (Wildman–Crippen LogP) is 3.52. The van der Waals surface area contributed by atoms with E-state index in [0.717, 1.165) is 11.3 Å². The fourth-order valence-electron chi connectivity index (χ4n) is 2.36. The lowest BCUT2D eigenvalue weighted by atomic mass is 10.1. The van der Waals surface area contributed by atoms with E-state index in [-0.39, 0.29) is 12.0 Å². The number of likely N-dealkylation sites (tertiary alicyclic amines) is 1. The number of ether oxygens (including phenoxy) is 1. The zero-order chi connectivity index (χ0) is 15.7. The predicted molar refractivity (Wildman–Crippen MR) is 82.8 cm³/mol. The molecule has 1 atom stereocenters. The molecule has 6 nitrogen and oxygen atoms in total. The number of hydrogen-bond acceptors (Lipinski definition) is 6. The summed E-state index contributed by atoms with van der Waals surface area (Å²) in [4.78, 5) is 19.2. The van der Waals surface area contributed by atoms with Crippen molar-refractivity contribution < 1.29 is 14.1 Å². The van der Waals surface area contributed by atoms with Crippen molar-refractivity contribution in [2.24, 2.45) is 0 Å². The molecule has 1 saturated heterocycles. The Morgan fingerprint density at radius 2 is 2.32 bits per heavy atom. The van der Waals surface area contributed by atoms with Crippen molar-refractivity contribution in [1.29, 1.82) is 0 Å². The van der Waals surface area contributed by atoms with Crippen molar-refractivity contribution >= 4 is 17.4 Å². The third-order valence-corrected chi connectivity index (χ3v) is 4.24. The van der Waals surface area contributed by atoms with Gasteiger partial charge in [-0.15, -0.1) is 11.3 Å². The van der Waals surface area contributed by atoms with Gasteiger partial charge >= 0.3 is 6.09 Å². The second-order valence-electron chi connectivity index (χ2n) is 6.35. The van der Waals surface area contributed by atoms with Crippen LogP contribution < -0.4 is 0 Å². The number of carbonyl (C=O) groups excluding carboxylic acids is 1. The van der Waals surface area contributed by atoms with Crippen molar-refractivity contribution in [2.75, 3.05) is 13.1 Å². The van der Waals surface area contributed by atoms with E-state index >= 15 is 0 Å². The van der Waals surface area contributed by atoms with Crippen LogP contribution in [0.1, 0.15) is 39.0 Å². The molecule has 1 aliphatic heterocycles. The highest BCUT2D eigenvalue weighted by molar-refractivity contribution is 7.13. The van der Waals surface area contributed by atoms with E-state index in [1.807, 2.05) is 38.3 Å². The molecule has 3 heterocycles. The van der Waals surface area contributed by atoms with Crippen molar-refractivity contribution in [1.82, 2.24) is 15.0 Å². The van der Waals surface area contributed by atoms with Gasteiger partial charge in [0.15, 0.2) is 0 Å². The van der Waals surface area contributed by atoms with E-state index in [2.05, 4.69) is 10.1 Å². The minimum Gasteiger partial charge on any atom is -0.444 e. The highest BCUT2D eigenvalue weighted by atomic mass is 32.1. The highest BCUT2D eigenvalue weighted by Gasteiger charge is 2.33. The Kier molecular flexibility index (Phi) is 3.90. The Hall–Kier alpha value is -1.89. The average molecular weight is 321 g/mol. The monoisotopic (exact) mass is 321 g/mol. The first-order chi connectivity index (χ1) is 10.4. The molecule has 0 spiro atoms. The summed E-state index contributed by atoms with van der Waals surface area (Å²) < 4.78 is 10.8. The fraction of sp³-hybridized carbons (Fsp3) is 0.533. The Balaban J connectivity index is 1.64. The first-order valence-corrected chi connectivity index (χ1v) is 8.16. The van der Waals surface area contributed by atoms with Gasteiger partial charge in [-0.25, -0.2) is 4.79 Å². The lowest BCUT2D eigenvalue weighted by Crippen LogP contribution is -2.35. The molecule has 0 aromatic carbocycles. The van der Waals surface area contributed by atoms with Gasteiger partial charge in [-0.2, -0.15) is 4.98 Å². The number of rotatable bonds is 2. The first-order valence-electron chi connectivity index (χ1n) is 7.28. The second kappa shape index (κ2) is 5.72. The van der Waals surface area contributed by atoms with Gasteiger partial charge in [0.25, 0.3) is 0 Å². The third-order valence-electron chi connectivity index (χ3n) is 3.37. The first kappa shape index (κ1) is 15.0. The summed E-state index contributed by atoms with van der Waals surface area (Å²) in [5.41, 5.74) is -0.480. The van der Waals surface area contributed by atoms with Gasteiger partial charge in [0, 0.05) is 13.1 Å². The van der Waals surface area contributed by atoms with Crippen molar-refractivity contribution in [3.05, 3.63) is 23.4 Å². The molecule has 0 bridgehead atoms. The summed E-state index contributed by atoms with van der Waals surface area (Å²) in [7, 11) is 0. The molecule has 0 unspecified atom stereocenters. The van der Waals surface area contributed by atoms with E-state index in [1.165, 1.54) is 0 Å². The molecular weight excluding hydrogens is 302 g/mol. The van der Waals surface area contributed by atoms with E-state index in [4.69, 9.17) is 9.26 Å². The lowest BCUT2D eigenvalue weighted by Gasteiger charge is -2.24. The molecule has 118 valence electrons. The van der Waals surface area contributed by atoms with E-state index < -0.39 is 5.60 Å². The zero-order valence-corrected chi connectivity index (χ0v) is 13.7. The molecule has 0 aliphatic carbocycles. The number of thiophene rings is 1. The van der Waals surface area contributed by atoms with Crippen LogP contribution in [0.4, 0.5) is 4.79 Å². The SMILES string of the molecule is CC(C)(C)OC(=O)N1CC[C@H](c2nc(-c3cccs3)no2)C1. The van der Waals surface area contributed by atoms with Crippen molar-refractivity contribution in [3.8, 4) is 10.7 Å². The van der Waals surface area contributed by atoms with Crippen LogP contribution in [0.2, 0.25) is 0 Å². The van der Waals surface area contributed by atoms with Crippen LogP contribution in [0, 0.1) is 0 Å². The molecule has 7 heteroatoms. The van der Waals surface area contributed by atoms with E-state index in [1.54, 1.807) is 16.2 Å². The quantitative estimate of drug-likeness (QED) is 0.846. The Bertz CT molecular complexity index is 645. The molecule has 2 aromatic rings. The summed E-state index contributed by atoms with van der Waals surface area (Å²) in [5, 5.41) is 6.00. The normalized spacial score (nSPS) is 18.7. The van der Waals surface area contributed by atoms with Gasteiger partial charge in [0.05, 0.1) is 10.8 Å². The zero-order valence-electron chi connectivity index (χ0n) is 12.9. The maximum atomic E-state index is 12.1. The van der Waals surface area contributed by atoms with Gasteiger partial charge in [-0.1, -0.05) is 11.2 Å².